The van der Waals surface area contributed by atoms with Crippen molar-refractivity contribution in [2.24, 2.45) is 4.99 Å². The average molecular weight is 751 g/mol. The van der Waals surface area contributed by atoms with Gasteiger partial charge < -0.3 is 9.30 Å². The summed E-state index contributed by atoms with van der Waals surface area (Å²) in [5.41, 5.74) is 8.62. The Morgan fingerprint density at radius 2 is 1.53 bits per heavy atom. The summed E-state index contributed by atoms with van der Waals surface area (Å²) in [5.74, 6) is 1.37. The minimum absolute atomic E-state index is 0.0243. The summed E-state index contributed by atoms with van der Waals surface area (Å²) in [4.78, 5) is 24.9. The summed E-state index contributed by atoms with van der Waals surface area (Å²) in [6.07, 6.45) is 0.0974. The summed E-state index contributed by atoms with van der Waals surface area (Å²) in [7, 11) is 0. The third-order valence-corrected chi connectivity index (χ3v) is 12.6. The van der Waals surface area contributed by atoms with Gasteiger partial charge in [-0.2, -0.15) is 0 Å². The van der Waals surface area contributed by atoms with Gasteiger partial charge in [-0.3, -0.25) is 9.36 Å². The minimum Gasteiger partial charge on any atom is -0.468 e. The van der Waals surface area contributed by atoms with E-state index in [9.17, 15) is 7.54 Å². The van der Waals surface area contributed by atoms with Crippen molar-refractivity contribution in [1.29, 1.82) is 0 Å². The van der Waals surface area contributed by atoms with Gasteiger partial charge in [0, 0.05) is 48.1 Å². The first-order valence-electron chi connectivity index (χ1n) is 21.0. The maximum absolute atomic E-state index is 14.7. The van der Waals surface area contributed by atoms with Gasteiger partial charge in [0.15, 0.2) is 5.43 Å². The number of pyridine rings is 2. The van der Waals surface area contributed by atoms with Gasteiger partial charge >= 0.3 is 0 Å². The highest BCUT2D eigenvalue weighted by Gasteiger charge is 2.59. The smallest absolute Gasteiger partial charge is 0.217 e. The molecule has 1 aliphatic carbocycles. The van der Waals surface area contributed by atoms with Crippen molar-refractivity contribution in [2.75, 3.05) is 0 Å². The molecule has 4 heterocycles. The predicted octanol–water partition coefficient (Wildman–Crippen LogP) is 11.7. The van der Waals surface area contributed by atoms with Crippen LogP contribution in [0.15, 0.2) is 119 Å². The van der Waals surface area contributed by atoms with E-state index in [0.29, 0.717) is 22.2 Å². The lowest BCUT2D eigenvalue weighted by Gasteiger charge is -2.31. The van der Waals surface area contributed by atoms with Crippen LogP contribution in [-0.4, -0.2) is 25.6 Å². The fraction of sp³-hybridized carbons (Fsp3) is 0.275. The lowest BCUT2D eigenvalue weighted by Crippen LogP contribution is -2.41. The van der Waals surface area contributed by atoms with Gasteiger partial charge in [-0.25, -0.2) is 9.98 Å². The Morgan fingerprint density at radius 1 is 0.772 bits per heavy atom. The predicted molar refractivity (Wildman–Crippen MR) is 235 cm³/mol. The third-order valence-electron chi connectivity index (χ3n) is 12.6. The van der Waals surface area contributed by atoms with Crippen molar-refractivity contribution in [1.82, 2.24) is 14.1 Å². The highest BCUT2D eigenvalue weighted by molar-refractivity contribution is 6.14. The molecule has 3 aromatic heterocycles. The Kier molecular flexibility index (Phi) is 6.98. The van der Waals surface area contributed by atoms with Crippen LogP contribution in [0.1, 0.15) is 96.1 Å². The second-order valence-electron chi connectivity index (χ2n) is 17.8. The van der Waals surface area contributed by atoms with Crippen LogP contribution in [0, 0.1) is 13.8 Å². The van der Waals surface area contributed by atoms with Crippen LogP contribution in [0.5, 0.6) is 0 Å². The first-order chi connectivity index (χ1) is 27.9. The number of fused-ring (bicyclic) bond motifs is 8. The molecule has 0 unspecified atom stereocenters. The van der Waals surface area contributed by atoms with Crippen LogP contribution < -0.4 is 5.43 Å². The first-order valence-corrected chi connectivity index (χ1v) is 20.0. The van der Waals surface area contributed by atoms with E-state index in [1.165, 1.54) is 5.56 Å². The number of benzene rings is 5. The number of nitrogens with zero attached hydrogens (tertiary/aromatic N) is 4. The molecule has 0 saturated heterocycles. The van der Waals surface area contributed by atoms with Gasteiger partial charge in [-0.15, -0.1) is 0 Å². The normalized spacial score (nSPS) is 20.6. The molecule has 8 aromatic rings. The molecule has 57 heavy (non-hydrogen) atoms. The molecule has 5 aromatic carbocycles. The fourth-order valence-corrected chi connectivity index (χ4v) is 9.11. The molecule has 0 saturated carbocycles. The van der Waals surface area contributed by atoms with Gasteiger partial charge in [0.1, 0.15) is 17.0 Å². The molecule has 0 amide bonds. The van der Waals surface area contributed by atoms with E-state index >= 15 is 0 Å². The van der Waals surface area contributed by atoms with Crippen LogP contribution in [0.25, 0.3) is 55.1 Å². The maximum atomic E-state index is 14.7. The average Bonchev–Trinajstić information content (AvgIpc) is 3.72. The van der Waals surface area contributed by atoms with Gasteiger partial charge in [0.25, 0.3) is 0 Å². The molecule has 6 nitrogen and oxygen atoms in total. The van der Waals surface area contributed by atoms with E-state index in [1.54, 1.807) is 0 Å². The van der Waals surface area contributed by atoms with Crippen molar-refractivity contribution in [3.63, 3.8) is 0 Å². The van der Waals surface area contributed by atoms with Crippen LogP contribution in [0.2, 0.25) is 0 Å². The molecule has 0 N–H and O–H groups in total. The molecule has 0 spiro atoms. The number of ether oxygens (including phenoxy) is 1. The highest BCUT2D eigenvalue weighted by Crippen LogP contribution is 2.54. The summed E-state index contributed by atoms with van der Waals surface area (Å²) in [6, 6.07) is 35.1. The fourth-order valence-electron chi connectivity index (χ4n) is 9.11. The third kappa shape index (κ3) is 5.12. The Bertz CT molecular complexity index is 3220. The number of hydrogen-bond acceptors (Lipinski definition) is 4. The molecule has 0 fully saturated rings. The first kappa shape index (κ1) is 33.2. The van der Waals surface area contributed by atoms with Crippen molar-refractivity contribution in [3.05, 3.63) is 158 Å². The number of aromatic nitrogens is 3. The van der Waals surface area contributed by atoms with Crippen molar-refractivity contribution in [3.8, 4) is 11.5 Å². The maximum Gasteiger partial charge on any atom is 0.217 e. The van der Waals surface area contributed by atoms with Gasteiger partial charge in [-0.1, -0.05) is 76.6 Å². The van der Waals surface area contributed by atoms with E-state index in [-0.39, 0.29) is 16.8 Å². The van der Waals surface area contributed by atoms with Gasteiger partial charge in [0.05, 0.1) is 22.1 Å². The van der Waals surface area contributed by atoms with Crippen molar-refractivity contribution >= 4 is 49.5 Å². The van der Waals surface area contributed by atoms with E-state index in [0.717, 1.165) is 72.2 Å². The number of hydrogen-bond donors (Lipinski definition) is 0. The van der Waals surface area contributed by atoms with E-state index in [1.807, 2.05) is 69.4 Å². The van der Waals surface area contributed by atoms with E-state index in [2.05, 4.69) is 111 Å². The van der Waals surface area contributed by atoms with Gasteiger partial charge in [-0.05, 0) is 134 Å². The molecule has 2 atom stereocenters. The second-order valence-corrected chi connectivity index (χ2v) is 17.8. The zero-order chi connectivity index (χ0) is 41.6. The van der Waals surface area contributed by atoms with E-state index < -0.39 is 17.5 Å². The lowest BCUT2D eigenvalue weighted by atomic mass is 9.84. The van der Waals surface area contributed by atoms with E-state index in [4.69, 9.17) is 14.7 Å². The lowest BCUT2D eigenvalue weighted by molar-refractivity contribution is 0.0476. The number of para-hydroxylation sites is 1. The Labute approximate surface area is 336 Å². The highest BCUT2D eigenvalue weighted by atomic mass is 16.5. The molecule has 0 radical (unpaired) electrons. The molecule has 6 heteroatoms. The summed E-state index contributed by atoms with van der Waals surface area (Å²) >= 11 is 0. The van der Waals surface area contributed by atoms with Crippen LogP contribution in [0.3, 0.4) is 0 Å². The molecule has 284 valence electrons. The largest absolute Gasteiger partial charge is 0.468 e. The Balaban J connectivity index is 1.28. The van der Waals surface area contributed by atoms with Crippen molar-refractivity contribution in [2.45, 2.75) is 91.2 Å². The molecule has 1 aliphatic heterocycles. The SMILES string of the molecule is [2H]C1([2H])c2c(C)cccc2[C@@]2(C)N=C(c3cc(C(C)C)cc(-n4c5ccccc5c(=O)c5cc6c7cc(C)ccc7n(-c7cc(C(C)(C)C)ccn7)c6cc54)c3)O[C@@]12C. The van der Waals surface area contributed by atoms with Crippen molar-refractivity contribution < 1.29 is 7.48 Å². The Morgan fingerprint density at radius 3 is 2.32 bits per heavy atom. The quantitative estimate of drug-likeness (QED) is 0.168. The van der Waals surface area contributed by atoms with Crippen LogP contribution in [0.4, 0.5) is 0 Å². The van der Waals surface area contributed by atoms with Crippen LogP contribution in [-0.2, 0) is 22.1 Å². The molecule has 0 bridgehead atoms. The summed E-state index contributed by atoms with van der Waals surface area (Å²) in [5, 5.41) is 3.29. The second kappa shape index (κ2) is 12.0. The molecule has 2 aliphatic rings. The topological polar surface area (TPSA) is 61.4 Å². The zero-order valence-corrected chi connectivity index (χ0v) is 34.1. The molecular weight excluding hydrogens is 701 g/mol. The molecular formula is C51H48N4O2. The zero-order valence-electron chi connectivity index (χ0n) is 36.1. The minimum atomic E-state index is -1.79. The van der Waals surface area contributed by atoms with Gasteiger partial charge in [0.2, 0.25) is 5.90 Å². The summed E-state index contributed by atoms with van der Waals surface area (Å²) in [6.45, 7) is 18.9. The number of aryl methyl sites for hydroxylation is 2. The van der Waals surface area contributed by atoms with Crippen LogP contribution >= 0.6 is 0 Å². The Hall–Kier alpha value is -6.01. The number of aliphatic imine (C=N–C) groups is 1. The monoisotopic (exact) mass is 750 g/mol. The molecule has 10 rings (SSSR count). The standard InChI is InChI=1S/C51H48N4O2/c1-29(2)32-22-33(48-53-51(9)41-15-12-13-31(4)40(41)28-50(51,8)57-48)24-35(23-32)54-42-16-11-10-14-36(42)47(56)39-26-38-37-21-30(3)17-18-43(37)55(44(38)27-45(39)54)46-25-34(19-20-52-46)49(5,6)7/h10-27,29H,28H2,1-9H3/t50-,51+/m0/s1/i28D2. The number of rotatable bonds is 4. The summed E-state index contributed by atoms with van der Waals surface area (Å²) < 4.78 is 30.2.